The highest BCUT2D eigenvalue weighted by molar-refractivity contribution is 7.89. The quantitative estimate of drug-likeness (QED) is 0.836. The molecular weight excluding hydrogens is 286 g/mol. The Morgan fingerprint density at radius 3 is 2.50 bits per heavy atom. The van der Waals surface area contributed by atoms with E-state index in [1.165, 1.54) is 7.05 Å². The van der Waals surface area contributed by atoms with Gasteiger partial charge in [0.1, 0.15) is 0 Å². The number of furan rings is 1. The maximum atomic E-state index is 12.2. The minimum Gasteiger partial charge on any atom is -0.475 e. The Hall–Kier alpha value is -1.38. The lowest BCUT2D eigenvalue weighted by molar-refractivity contribution is 0.0330. The van der Waals surface area contributed by atoms with Crippen LogP contribution in [0.25, 0.3) is 0 Å². The van der Waals surface area contributed by atoms with Crippen LogP contribution in [0.3, 0.4) is 0 Å². The van der Waals surface area contributed by atoms with Crippen molar-refractivity contribution < 1.29 is 27.8 Å². The Balaban J connectivity index is 2.18. The van der Waals surface area contributed by atoms with E-state index in [0.717, 1.165) is 29.3 Å². The molecule has 1 aliphatic carbocycles. The Morgan fingerprint density at radius 1 is 1.40 bits per heavy atom. The molecule has 0 bridgehead atoms. The lowest BCUT2D eigenvalue weighted by Gasteiger charge is -2.27. The summed E-state index contributed by atoms with van der Waals surface area (Å²) in [6.07, 6.45) is 2.86. The van der Waals surface area contributed by atoms with Gasteiger partial charge in [0.25, 0.3) is 10.0 Å². The van der Waals surface area contributed by atoms with E-state index in [9.17, 15) is 18.3 Å². The summed E-state index contributed by atoms with van der Waals surface area (Å²) in [6, 6.07) is 2.20. The van der Waals surface area contributed by atoms with Crippen molar-refractivity contribution in [3.05, 3.63) is 17.9 Å². The number of aliphatic hydroxyl groups is 1. The summed E-state index contributed by atoms with van der Waals surface area (Å²) in [5.41, 5.74) is -1.01. The Bertz CT molecular complexity index is 599. The molecule has 1 aliphatic rings. The van der Waals surface area contributed by atoms with Gasteiger partial charge in [0.2, 0.25) is 10.9 Å². The molecule has 1 fully saturated rings. The van der Waals surface area contributed by atoms with Crippen LogP contribution in [0.4, 0.5) is 0 Å². The lowest BCUT2D eigenvalue weighted by Crippen LogP contribution is -2.41. The SMILES string of the molecule is CN(CC1(O)CCCC1)S(=O)(=O)c1ccc(C(=O)O)o1. The molecule has 2 rings (SSSR count). The molecule has 0 spiro atoms. The number of hydrogen-bond donors (Lipinski definition) is 2. The van der Waals surface area contributed by atoms with Gasteiger partial charge in [-0.25, -0.2) is 13.2 Å². The van der Waals surface area contributed by atoms with Crippen molar-refractivity contribution in [1.82, 2.24) is 4.31 Å². The minimum atomic E-state index is -3.93. The van der Waals surface area contributed by atoms with Crippen molar-refractivity contribution in [2.24, 2.45) is 0 Å². The van der Waals surface area contributed by atoms with Gasteiger partial charge in [-0.05, 0) is 25.0 Å². The van der Waals surface area contributed by atoms with Crippen LogP contribution in [-0.2, 0) is 10.0 Å². The third kappa shape index (κ3) is 2.87. The van der Waals surface area contributed by atoms with Crippen LogP contribution in [0.15, 0.2) is 21.6 Å². The van der Waals surface area contributed by atoms with Gasteiger partial charge in [0.05, 0.1) is 5.60 Å². The first-order valence-corrected chi connectivity index (χ1v) is 7.70. The number of carbonyl (C=O) groups is 1. The third-order valence-electron chi connectivity index (χ3n) is 3.51. The fourth-order valence-corrected chi connectivity index (χ4v) is 3.57. The largest absolute Gasteiger partial charge is 0.475 e. The van der Waals surface area contributed by atoms with Gasteiger partial charge in [-0.3, -0.25) is 0 Å². The van der Waals surface area contributed by atoms with Crippen molar-refractivity contribution in [2.45, 2.75) is 36.4 Å². The van der Waals surface area contributed by atoms with E-state index in [1.54, 1.807) is 0 Å². The maximum Gasteiger partial charge on any atom is 0.371 e. The van der Waals surface area contributed by atoms with Gasteiger partial charge in [-0.1, -0.05) is 12.8 Å². The highest BCUT2D eigenvalue weighted by Crippen LogP contribution is 2.31. The number of likely N-dealkylation sites (N-methyl/N-ethyl adjacent to an activating group) is 1. The topological polar surface area (TPSA) is 108 Å². The van der Waals surface area contributed by atoms with Crippen molar-refractivity contribution in [1.29, 1.82) is 0 Å². The van der Waals surface area contributed by atoms with Crippen LogP contribution >= 0.6 is 0 Å². The fraction of sp³-hybridized carbons (Fsp3) is 0.583. The molecule has 112 valence electrons. The van der Waals surface area contributed by atoms with Crippen LogP contribution < -0.4 is 0 Å². The number of sulfonamides is 1. The van der Waals surface area contributed by atoms with E-state index in [4.69, 9.17) is 9.52 Å². The zero-order chi connectivity index (χ0) is 15.0. The third-order valence-corrected chi connectivity index (χ3v) is 5.19. The van der Waals surface area contributed by atoms with E-state index < -0.39 is 32.4 Å². The lowest BCUT2D eigenvalue weighted by atomic mass is 10.0. The summed E-state index contributed by atoms with van der Waals surface area (Å²) in [7, 11) is -2.59. The average molecular weight is 303 g/mol. The second kappa shape index (κ2) is 5.19. The van der Waals surface area contributed by atoms with Gasteiger partial charge < -0.3 is 14.6 Å². The number of hydrogen-bond acceptors (Lipinski definition) is 5. The molecule has 1 heterocycles. The number of carboxylic acids is 1. The molecule has 1 aromatic heterocycles. The molecule has 2 N–H and O–H groups in total. The van der Waals surface area contributed by atoms with Crippen LogP contribution in [-0.4, -0.2) is 48.1 Å². The van der Waals surface area contributed by atoms with Crippen LogP contribution in [0.1, 0.15) is 36.2 Å². The smallest absolute Gasteiger partial charge is 0.371 e. The summed E-state index contributed by atoms with van der Waals surface area (Å²) in [4.78, 5) is 10.7. The maximum absolute atomic E-state index is 12.2. The average Bonchev–Trinajstić information content (AvgIpc) is 2.97. The molecule has 0 saturated heterocycles. The zero-order valence-corrected chi connectivity index (χ0v) is 11.9. The van der Waals surface area contributed by atoms with Crippen LogP contribution in [0.5, 0.6) is 0 Å². The summed E-state index contributed by atoms with van der Waals surface area (Å²) >= 11 is 0. The molecule has 0 unspecified atom stereocenters. The first-order valence-electron chi connectivity index (χ1n) is 6.26. The molecular formula is C12H17NO6S. The van der Waals surface area contributed by atoms with Crippen LogP contribution in [0, 0.1) is 0 Å². The number of carboxylic acid groups (broad SMARTS) is 1. The first kappa shape index (κ1) is 15.0. The molecule has 1 aromatic rings. The normalized spacial score (nSPS) is 18.6. The van der Waals surface area contributed by atoms with Crippen molar-refractivity contribution in [3.63, 3.8) is 0 Å². The number of aromatic carboxylic acids is 1. The van der Waals surface area contributed by atoms with Gasteiger partial charge in [0.15, 0.2) is 0 Å². The molecule has 0 amide bonds. The van der Waals surface area contributed by atoms with Gasteiger partial charge in [-0.15, -0.1) is 0 Å². The van der Waals surface area contributed by atoms with Gasteiger partial charge >= 0.3 is 5.97 Å². The molecule has 20 heavy (non-hydrogen) atoms. The summed E-state index contributed by atoms with van der Waals surface area (Å²) < 4.78 is 30.3. The monoisotopic (exact) mass is 303 g/mol. The Labute approximate surface area is 116 Å². The molecule has 7 nitrogen and oxygen atoms in total. The van der Waals surface area contributed by atoms with Crippen molar-refractivity contribution >= 4 is 16.0 Å². The molecule has 1 saturated carbocycles. The molecule has 8 heteroatoms. The predicted octanol–water partition coefficient (Wildman–Crippen LogP) is 0.903. The standard InChI is InChI=1S/C12H17NO6S/c1-13(8-12(16)6-2-3-7-12)20(17,18)10-5-4-9(19-10)11(14)15/h4-5,16H,2-3,6-8H2,1H3,(H,14,15). The second-order valence-corrected chi connectivity index (χ2v) is 7.09. The van der Waals surface area contributed by atoms with E-state index in [2.05, 4.69) is 0 Å². The number of rotatable bonds is 5. The minimum absolute atomic E-state index is 0.0293. The van der Waals surface area contributed by atoms with E-state index in [-0.39, 0.29) is 6.54 Å². The van der Waals surface area contributed by atoms with Crippen molar-refractivity contribution in [3.8, 4) is 0 Å². The molecule has 0 atom stereocenters. The number of nitrogens with zero attached hydrogens (tertiary/aromatic N) is 1. The van der Waals surface area contributed by atoms with E-state index >= 15 is 0 Å². The molecule has 0 aliphatic heterocycles. The Kier molecular flexibility index (Phi) is 3.90. The fourth-order valence-electron chi connectivity index (χ4n) is 2.42. The molecule has 0 radical (unpaired) electrons. The highest BCUT2D eigenvalue weighted by Gasteiger charge is 2.36. The second-order valence-electron chi connectivity index (χ2n) is 5.12. The van der Waals surface area contributed by atoms with E-state index in [0.29, 0.717) is 12.8 Å². The van der Waals surface area contributed by atoms with Gasteiger partial charge in [0, 0.05) is 13.6 Å². The van der Waals surface area contributed by atoms with Crippen LogP contribution in [0.2, 0.25) is 0 Å². The Morgan fingerprint density at radius 2 is 2.00 bits per heavy atom. The summed E-state index contributed by atoms with van der Waals surface area (Å²) in [5.74, 6) is -1.76. The molecule has 0 aromatic carbocycles. The summed E-state index contributed by atoms with van der Waals surface area (Å²) in [6.45, 7) is -0.0293. The predicted molar refractivity (Wildman–Crippen MR) is 68.9 cm³/mol. The van der Waals surface area contributed by atoms with Crippen molar-refractivity contribution in [2.75, 3.05) is 13.6 Å². The first-order chi connectivity index (χ1) is 9.24. The summed E-state index contributed by atoms with van der Waals surface area (Å²) in [5, 5.41) is 18.5. The zero-order valence-electron chi connectivity index (χ0n) is 11.1. The van der Waals surface area contributed by atoms with E-state index in [1.807, 2.05) is 0 Å². The highest BCUT2D eigenvalue weighted by atomic mass is 32.2. The van der Waals surface area contributed by atoms with Gasteiger partial charge in [-0.2, -0.15) is 4.31 Å².